The van der Waals surface area contributed by atoms with Crippen molar-refractivity contribution in [3.63, 3.8) is 0 Å². The van der Waals surface area contributed by atoms with Gasteiger partial charge < -0.3 is 4.52 Å². The average molecular weight is 343 g/mol. The van der Waals surface area contributed by atoms with Gasteiger partial charge in [-0.3, -0.25) is 0 Å². The van der Waals surface area contributed by atoms with E-state index in [1.54, 1.807) is 19.9 Å². The highest BCUT2D eigenvalue weighted by molar-refractivity contribution is 7.89. The molecule has 0 bridgehead atoms. The van der Waals surface area contributed by atoms with Crippen LogP contribution in [0.1, 0.15) is 37.4 Å². The predicted octanol–water partition coefficient (Wildman–Crippen LogP) is 2.27. The molecule has 3 rings (SSSR count). The van der Waals surface area contributed by atoms with Crippen molar-refractivity contribution in [2.75, 3.05) is 0 Å². The van der Waals surface area contributed by atoms with Crippen LogP contribution in [0.2, 0.25) is 0 Å². The summed E-state index contributed by atoms with van der Waals surface area (Å²) in [6.07, 6.45) is 0. The lowest BCUT2D eigenvalue weighted by Gasteiger charge is -2.05. The number of alkyl halides is 2. The van der Waals surface area contributed by atoms with Gasteiger partial charge in [0.15, 0.2) is 5.82 Å². The van der Waals surface area contributed by atoms with E-state index in [2.05, 4.69) is 10.1 Å². The highest BCUT2D eigenvalue weighted by Gasteiger charge is 2.73. The number of rotatable bonds is 5. The zero-order valence-electron chi connectivity index (χ0n) is 12.4. The summed E-state index contributed by atoms with van der Waals surface area (Å²) in [6, 6.07) is 5.75. The minimum Gasteiger partial charge on any atom is -0.339 e. The molecule has 9 heteroatoms. The van der Waals surface area contributed by atoms with Gasteiger partial charge in [-0.25, -0.2) is 21.9 Å². The van der Waals surface area contributed by atoms with E-state index in [4.69, 9.17) is 4.52 Å². The van der Waals surface area contributed by atoms with E-state index in [0.717, 1.165) is 0 Å². The van der Waals surface area contributed by atoms with Crippen molar-refractivity contribution >= 4 is 10.0 Å². The molecule has 23 heavy (non-hydrogen) atoms. The number of hydrogen-bond donors (Lipinski definition) is 1. The summed E-state index contributed by atoms with van der Waals surface area (Å²) in [5.74, 6) is -4.71. The van der Waals surface area contributed by atoms with Crippen molar-refractivity contribution in [3.8, 4) is 0 Å². The fourth-order valence-electron chi connectivity index (χ4n) is 2.22. The Morgan fingerprint density at radius 3 is 2.48 bits per heavy atom. The van der Waals surface area contributed by atoms with Crippen molar-refractivity contribution in [1.29, 1.82) is 0 Å². The Bertz CT molecular complexity index is 806. The first-order chi connectivity index (χ1) is 10.7. The molecule has 0 unspecified atom stereocenters. The fourth-order valence-corrected chi connectivity index (χ4v) is 3.50. The maximum absolute atomic E-state index is 13.9. The summed E-state index contributed by atoms with van der Waals surface area (Å²) in [5.41, 5.74) is 0. The zero-order chi connectivity index (χ0) is 16.8. The molecule has 0 saturated heterocycles. The van der Waals surface area contributed by atoms with Gasteiger partial charge in [0.25, 0.3) is 5.92 Å². The second-order valence-corrected chi connectivity index (χ2v) is 7.42. The van der Waals surface area contributed by atoms with Crippen LogP contribution in [0.25, 0.3) is 0 Å². The third kappa shape index (κ3) is 2.86. The summed E-state index contributed by atoms with van der Waals surface area (Å²) in [7, 11) is -4.04. The Morgan fingerprint density at radius 1 is 1.26 bits per heavy atom. The molecule has 1 heterocycles. The maximum Gasteiger partial charge on any atom is 0.278 e. The van der Waals surface area contributed by atoms with Crippen molar-refractivity contribution in [2.45, 2.75) is 42.5 Å². The molecule has 1 aromatic carbocycles. The van der Waals surface area contributed by atoms with Crippen LogP contribution in [0.5, 0.6) is 0 Å². The lowest BCUT2D eigenvalue weighted by molar-refractivity contribution is 0.0985. The van der Waals surface area contributed by atoms with E-state index in [1.165, 1.54) is 24.3 Å². The molecule has 0 spiro atoms. The number of aromatic nitrogens is 2. The van der Waals surface area contributed by atoms with Crippen LogP contribution in [0, 0.1) is 0 Å². The fraction of sp³-hybridized carbons (Fsp3) is 0.429. The van der Waals surface area contributed by atoms with Gasteiger partial charge in [0.1, 0.15) is 12.0 Å². The van der Waals surface area contributed by atoms with E-state index in [0.29, 0.717) is 5.82 Å². The van der Waals surface area contributed by atoms with Gasteiger partial charge in [-0.2, -0.15) is 4.98 Å². The zero-order valence-corrected chi connectivity index (χ0v) is 13.2. The monoisotopic (exact) mass is 343 g/mol. The maximum atomic E-state index is 13.9. The van der Waals surface area contributed by atoms with Gasteiger partial charge in [0.2, 0.25) is 15.9 Å². The number of halogens is 2. The van der Waals surface area contributed by atoms with Crippen LogP contribution in [-0.2, 0) is 10.0 Å². The normalized spacial score (nSPS) is 23.2. The average Bonchev–Trinajstić information content (AvgIpc) is 2.88. The summed E-state index contributed by atoms with van der Waals surface area (Å²) in [4.78, 5) is 3.85. The molecule has 0 aliphatic heterocycles. The molecule has 124 valence electrons. The first-order valence-electron chi connectivity index (χ1n) is 7.02. The smallest absolute Gasteiger partial charge is 0.278 e. The highest BCUT2D eigenvalue weighted by atomic mass is 32.2. The molecule has 0 radical (unpaired) electrons. The number of benzene rings is 1. The van der Waals surface area contributed by atoms with Crippen LogP contribution in [-0.4, -0.2) is 30.5 Å². The van der Waals surface area contributed by atoms with Crippen LogP contribution >= 0.6 is 0 Å². The van der Waals surface area contributed by atoms with E-state index in [9.17, 15) is 17.2 Å². The minimum absolute atomic E-state index is 0.0701. The molecular weight excluding hydrogens is 328 g/mol. The molecule has 1 fully saturated rings. The summed E-state index contributed by atoms with van der Waals surface area (Å²) in [5, 5.41) is 3.63. The van der Waals surface area contributed by atoms with Crippen LogP contribution < -0.4 is 4.72 Å². The number of sulfonamides is 1. The second kappa shape index (κ2) is 5.34. The van der Waals surface area contributed by atoms with Crippen LogP contribution in [0.15, 0.2) is 39.8 Å². The van der Waals surface area contributed by atoms with Gasteiger partial charge in [-0.15, -0.1) is 0 Å². The van der Waals surface area contributed by atoms with E-state index in [1.807, 2.05) is 4.72 Å². The third-order valence-electron chi connectivity index (χ3n) is 3.63. The molecule has 1 N–H and O–H groups in total. The van der Waals surface area contributed by atoms with Gasteiger partial charge in [0.05, 0.1) is 4.90 Å². The molecule has 0 amide bonds. The topological polar surface area (TPSA) is 85.1 Å². The Hall–Kier alpha value is -1.87. The van der Waals surface area contributed by atoms with Crippen molar-refractivity contribution in [3.05, 3.63) is 42.0 Å². The Morgan fingerprint density at radius 2 is 1.91 bits per heavy atom. The SMILES string of the molecule is CC(C)c1noc([C@@H]2[C@H](NS(=O)(=O)c3ccccc3)C2(F)F)n1. The summed E-state index contributed by atoms with van der Waals surface area (Å²) < 4.78 is 59.1. The van der Waals surface area contributed by atoms with E-state index >= 15 is 0 Å². The minimum atomic E-state index is -4.04. The van der Waals surface area contributed by atoms with E-state index < -0.39 is 27.9 Å². The van der Waals surface area contributed by atoms with Gasteiger partial charge >= 0.3 is 0 Å². The van der Waals surface area contributed by atoms with Crippen LogP contribution in [0.4, 0.5) is 8.78 Å². The van der Waals surface area contributed by atoms with Gasteiger partial charge in [-0.1, -0.05) is 37.2 Å². The molecule has 1 aromatic heterocycles. The van der Waals surface area contributed by atoms with Crippen LogP contribution in [0.3, 0.4) is 0 Å². The van der Waals surface area contributed by atoms with Gasteiger partial charge in [0, 0.05) is 5.92 Å². The molecule has 2 atom stereocenters. The lowest BCUT2D eigenvalue weighted by Crippen LogP contribution is -2.29. The number of nitrogens with one attached hydrogen (secondary N) is 1. The Kier molecular flexibility index (Phi) is 3.72. The first-order valence-corrected chi connectivity index (χ1v) is 8.50. The summed E-state index contributed by atoms with van der Waals surface area (Å²) >= 11 is 0. The number of nitrogens with zero attached hydrogens (tertiary/aromatic N) is 2. The third-order valence-corrected chi connectivity index (χ3v) is 5.09. The molecular formula is C14H15F2N3O3S. The first kappa shape index (κ1) is 16.0. The highest BCUT2D eigenvalue weighted by Crippen LogP contribution is 2.55. The standard InChI is InChI=1S/C14H15F2N3O3S/c1-8(2)12-17-13(22-18-12)10-11(14(10,15)16)19-23(20,21)9-6-4-3-5-7-9/h3-8,10-11,19H,1-2H3/t10-,11-/m0/s1. The van der Waals surface area contributed by atoms with Crippen molar-refractivity contribution in [1.82, 2.24) is 14.9 Å². The second-order valence-electron chi connectivity index (χ2n) is 5.71. The van der Waals surface area contributed by atoms with E-state index in [-0.39, 0.29) is 16.7 Å². The molecule has 2 aromatic rings. The number of hydrogen-bond acceptors (Lipinski definition) is 5. The Balaban J connectivity index is 1.81. The Labute approximate surface area is 131 Å². The van der Waals surface area contributed by atoms with Crippen molar-refractivity contribution in [2.24, 2.45) is 0 Å². The molecule has 1 saturated carbocycles. The lowest BCUT2D eigenvalue weighted by atomic mass is 10.2. The quantitative estimate of drug-likeness (QED) is 0.900. The van der Waals surface area contributed by atoms with Crippen molar-refractivity contribution < 1.29 is 21.7 Å². The van der Waals surface area contributed by atoms with Gasteiger partial charge in [-0.05, 0) is 12.1 Å². The molecule has 6 nitrogen and oxygen atoms in total. The predicted molar refractivity (Wildman–Crippen MR) is 76.6 cm³/mol. The summed E-state index contributed by atoms with van der Waals surface area (Å²) in [6.45, 7) is 3.60. The molecule has 1 aliphatic carbocycles. The largest absolute Gasteiger partial charge is 0.339 e. The molecule has 1 aliphatic rings.